The number of hydrogen-bond donors (Lipinski definition) is 1. The Hall–Kier alpha value is -2.75. The lowest BCUT2D eigenvalue weighted by Gasteiger charge is -2.56. The predicted octanol–water partition coefficient (Wildman–Crippen LogP) is 4.33. The van der Waals surface area contributed by atoms with Crippen molar-refractivity contribution >= 4 is 11.9 Å². The van der Waals surface area contributed by atoms with Crippen molar-refractivity contribution in [1.29, 1.82) is 0 Å². The van der Waals surface area contributed by atoms with E-state index in [0.29, 0.717) is 17.2 Å². The molecule has 1 saturated carbocycles. The van der Waals surface area contributed by atoms with E-state index in [1.165, 1.54) is 12.8 Å². The Kier molecular flexibility index (Phi) is 7.02. The molecule has 1 aliphatic heterocycles. The molecule has 1 amide bonds. The minimum atomic E-state index is -5.08. The first-order chi connectivity index (χ1) is 15.0. The van der Waals surface area contributed by atoms with Gasteiger partial charge in [-0.05, 0) is 69.3 Å². The Morgan fingerprint density at radius 2 is 1.88 bits per heavy atom. The van der Waals surface area contributed by atoms with Crippen molar-refractivity contribution in [1.82, 2.24) is 9.80 Å². The highest BCUT2D eigenvalue weighted by atomic mass is 19.4. The summed E-state index contributed by atoms with van der Waals surface area (Å²) in [4.78, 5) is 25.8. The predicted molar refractivity (Wildman–Crippen MR) is 108 cm³/mol. The lowest BCUT2D eigenvalue weighted by atomic mass is 9.58. The molecule has 1 unspecified atom stereocenters. The molecule has 2 aliphatic rings. The Bertz CT molecular complexity index is 914. The number of nitrogens with zero attached hydrogens (tertiary/aromatic N) is 2. The number of rotatable bonds is 4. The van der Waals surface area contributed by atoms with E-state index < -0.39 is 12.1 Å². The van der Waals surface area contributed by atoms with E-state index in [-0.39, 0.29) is 5.91 Å². The number of aliphatic carboxylic acids is 1. The van der Waals surface area contributed by atoms with Gasteiger partial charge >= 0.3 is 12.1 Å². The molecule has 0 aromatic carbocycles. The maximum absolute atomic E-state index is 12.6. The topological polar surface area (TPSA) is 87.1 Å². The molecule has 7 nitrogen and oxygen atoms in total. The number of carboxylic acids is 1. The fraction of sp³-hybridized carbons (Fsp3) is 0.545. The molecular weight excluding hydrogens is 429 g/mol. The summed E-state index contributed by atoms with van der Waals surface area (Å²) in [6.07, 6.45) is 1.31. The number of amides is 1. The number of aryl methyl sites for hydroxylation is 1. The van der Waals surface area contributed by atoms with Crippen molar-refractivity contribution in [2.45, 2.75) is 51.4 Å². The summed E-state index contributed by atoms with van der Waals surface area (Å²) in [5.74, 6) is -0.454. The van der Waals surface area contributed by atoms with E-state index in [1.54, 1.807) is 12.3 Å². The molecule has 2 aromatic heterocycles. The van der Waals surface area contributed by atoms with Gasteiger partial charge in [0.1, 0.15) is 11.5 Å². The van der Waals surface area contributed by atoms with Crippen LogP contribution in [0.15, 0.2) is 39.4 Å². The molecule has 0 bridgehead atoms. The number of likely N-dealkylation sites (tertiary alicyclic amines) is 1. The summed E-state index contributed by atoms with van der Waals surface area (Å²) in [5.41, 5.74) is 0.358. The first-order valence-corrected chi connectivity index (χ1v) is 10.4. The third-order valence-electron chi connectivity index (χ3n) is 6.38. The number of piperidine rings is 1. The zero-order chi connectivity index (χ0) is 23.5. The van der Waals surface area contributed by atoms with Crippen LogP contribution in [0, 0.1) is 12.3 Å². The largest absolute Gasteiger partial charge is 0.490 e. The lowest BCUT2D eigenvalue weighted by Crippen LogP contribution is -2.58. The average molecular weight is 456 g/mol. The molecule has 1 spiro atoms. The van der Waals surface area contributed by atoms with Crippen LogP contribution in [0.2, 0.25) is 0 Å². The van der Waals surface area contributed by atoms with Crippen LogP contribution in [0.1, 0.15) is 47.8 Å². The standard InChI is InChI=1S/C20H26N2O3.C2HF3O2/c1-15-5-6-17(25-15)19(23)22-11-9-20(10-12-22)8-7-18(20)21(2)14-16-4-3-13-24-16;3-2(4,5)1(6)7/h3-6,13,18H,7-12,14H2,1-2H3;(H,6,7). The van der Waals surface area contributed by atoms with Crippen molar-refractivity contribution in [2.75, 3.05) is 20.1 Å². The Labute approximate surface area is 183 Å². The zero-order valence-electron chi connectivity index (χ0n) is 18.0. The van der Waals surface area contributed by atoms with Gasteiger partial charge in [-0.3, -0.25) is 9.69 Å². The number of furan rings is 2. The first-order valence-electron chi connectivity index (χ1n) is 10.4. The van der Waals surface area contributed by atoms with Gasteiger partial charge in [0.15, 0.2) is 5.76 Å². The molecule has 3 heterocycles. The summed E-state index contributed by atoms with van der Waals surface area (Å²) < 4.78 is 42.7. The maximum Gasteiger partial charge on any atom is 0.490 e. The van der Waals surface area contributed by atoms with Gasteiger partial charge in [-0.25, -0.2) is 4.79 Å². The van der Waals surface area contributed by atoms with Gasteiger partial charge in [-0.2, -0.15) is 13.2 Å². The van der Waals surface area contributed by atoms with Crippen LogP contribution >= 0.6 is 0 Å². The van der Waals surface area contributed by atoms with Crippen LogP contribution in [-0.4, -0.2) is 59.1 Å². The third kappa shape index (κ3) is 5.35. The molecule has 1 atom stereocenters. The quantitative estimate of drug-likeness (QED) is 0.737. The molecule has 2 aromatic rings. The van der Waals surface area contributed by atoms with Gasteiger partial charge in [0.05, 0.1) is 12.8 Å². The van der Waals surface area contributed by atoms with Crippen molar-refractivity contribution < 1.29 is 36.7 Å². The van der Waals surface area contributed by atoms with Gasteiger partial charge < -0.3 is 18.8 Å². The molecule has 176 valence electrons. The van der Waals surface area contributed by atoms with E-state index in [2.05, 4.69) is 11.9 Å². The highest BCUT2D eigenvalue weighted by molar-refractivity contribution is 5.91. The van der Waals surface area contributed by atoms with Crippen LogP contribution in [0.3, 0.4) is 0 Å². The second kappa shape index (κ2) is 9.40. The summed E-state index contributed by atoms with van der Waals surface area (Å²) in [5, 5.41) is 7.12. The van der Waals surface area contributed by atoms with Gasteiger partial charge in [0.25, 0.3) is 5.91 Å². The van der Waals surface area contributed by atoms with E-state index in [0.717, 1.165) is 44.0 Å². The van der Waals surface area contributed by atoms with E-state index in [1.807, 2.05) is 30.0 Å². The number of carboxylic acid groups (broad SMARTS) is 1. The Morgan fingerprint density at radius 1 is 1.22 bits per heavy atom. The molecule has 32 heavy (non-hydrogen) atoms. The summed E-state index contributed by atoms with van der Waals surface area (Å²) >= 11 is 0. The smallest absolute Gasteiger partial charge is 0.475 e. The number of carbonyl (C=O) groups is 2. The van der Waals surface area contributed by atoms with E-state index in [4.69, 9.17) is 18.7 Å². The van der Waals surface area contributed by atoms with E-state index >= 15 is 0 Å². The van der Waals surface area contributed by atoms with Gasteiger partial charge in [0, 0.05) is 19.1 Å². The van der Waals surface area contributed by atoms with Gasteiger partial charge in [0.2, 0.25) is 0 Å². The Morgan fingerprint density at radius 3 is 2.31 bits per heavy atom. The van der Waals surface area contributed by atoms with Crippen LogP contribution in [-0.2, 0) is 11.3 Å². The van der Waals surface area contributed by atoms with Crippen LogP contribution in [0.4, 0.5) is 13.2 Å². The van der Waals surface area contributed by atoms with Crippen molar-refractivity contribution in [3.05, 3.63) is 47.8 Å². The first kappa shape index (κ1) is 23.9. The average Bonchev–Trinajstić information content (AvgIpc) is 3.38. The summed E-state index contributed by atoms with van der Waals surface area (Å²) in [6.45, 7) is 4.37. The van der Waals surface area contributed by atoms with Crippen LogP contribution in [0.25, 0.3) is 0 Å². The third-order valence-corrected chi connectivity index (χ3v) is 6.38. The molecule has 1 aliphatic carbocycles. The second-order valence-corrected chi connectivity index (χ2v) is 8.42. The van der Waals surface area contributed by atoms with E-state index in [9.17, 15) is 18.0 Å². The second-order valence-electron chi connectivity index (χ2n) is 8.42. The number of halogens is 3. The van der Waals surface area contributed by atoms with Crippen molar-refractivity contribution in [3.8, 4) is 0 Å². The zero-order valence-corrected chi connectivity index (χ0v) is 18.0. The molecule has 0 radical (unpaired) electrons. The minimum Gasteiger partial charge on any atom is -0.475 e. The maximum atomic E-state index is 12.6. The van der Waals surface area contributed by atoms with Gasteiger partial charge in [-0.1, -0.05) is 0 Å². The number of carbonyl (C=O) groups excluding carboxylic acids is 1. The highest BCUT2D eigenvalue weighted by Crippen LogP contribution is 2.51. The number of hydrogen-bond acceptors (Lipinski definition) is 5. The fourth-order valence-corrected chi connectivity index (χ4v) is 4.57. The van der Waals surface area contributed by atoms with Crippen molar-refractivity contribution in [3.63, 3.8) is 0 Å². The molecule has 4 rings (SSSR count). The normalized spacial score (nSPS) is 19.9. The SMILES string of the molecule is Cc1ccc(C(=O)N2CCC3(CCC3N(C)Cc3ccco3)CC2)o1.O=C(O)C(F)(F)F. The van der Waals surface area contributed by atoms with Crippen LogP contribution < -0.4 is 0 Å². The van der Waals surface area contributed by atoms with Gasteiger partial charge in [-0.15, -0.1) is 0 Å². The summed E-state index contributed by atoms with van der Waals surface area (Å²) in [6, 6.07) is 8.20. The Balaban J connectivity index is 0.000000360. The summed E-state index contributed by atoms with van der Waals surface area (Å²) in [7, 11) is 2.19. The molecular formula is C22H27F3N2O5. The molecule has 1 N–H and O–H groups in total. The minimum absolute atomic E-state index is 0.0303. The van der Waals surface area contributed by atoms with Crippen LogP contribution in [0.5, 0.6) is 0 Å². The fourth-order valence-electron chi connectivity index (χ4n) is 4.57. The molecule has 10 heteroatoms. The number of alkyl halides is 3. The lowest BCUT2D eigenvalue weighted by molar-refractivity contribution is -0.192. The monoisotopic (exact) mass is 456 g/mol. The highest BCUT2D eigenvalue weighted by Gasteiger charge is 2.50. The molecule has 2 fully saturated rings. The van der Waals surface area contributed by atoms with Crippen molar-refractivity contribution in [2.24, 2.45) is 5.41 Å². The molecule has 1 saturated heterocycles.